The number of rotatable bonds is 5. The SMILES string of the molecule is Cc1ccnc(C(C)C)c1-n1c(=O)nc(O)c2c(OCC3CN(C(=O)OC(C)(C)C)CCN3)cc(Cl)nc21. The molecule has 0 spiro atoms. The van der Waals surface area contributed by atoms with Crippen LogP contribution in [0.3, 0.4) is 0 Å². The molecule has 1 unspecified atom stereocenters. The fraction of sp³-hybridized carbons (Fsp3) is 0.500. The monoisotopic (exact) mass is 544 g/mol. The molecule has 12 heteroatoms. The fourth-order valence-corrected chi connectivity index (χ4v) is 4.54. The molecule has 3 aromatic heterocycles. The summed E-state index contributed by atoms with van der Waals surface area (Å²) in [6.45, 7) is 12.9. The molecule has 0 saturated carbocycles. The number of carbonyl (C=O) groups excluding carboxylic acids is 1. The number of fused-ring (bicyclic) bond motifs is 1. The van der Waals surface area contributed by atoms with Crippen LogP contribution in [0.4, 0.5) is 4.79 Å². The van der Waals surface area contributed by atoms with Crippen LogP contribution in [-0.2, 0) is 4.74 Å². The standard InChI is InChI=1S/C26H33ClN6O5/c1-14(2)20-21(15(3)7-8-29-20)33-22-19(23(34)31-24(33)35)17(11-18(27)30-22)37-13-16-12-32(10-9-28-16)25(36)38-26(4,5)6/h7-8,11,14,16,28H,9-10,12-13H2,1-6H3,(H,31,34,35). The van der Waals surface area contributed by atoms with Gasteiger partial charge in [-0.15, -0.1) is 0 Å². The zero-order valence-corrected chi connectivity index (χ0v) is 23.2. The first kappa shape index (κ1) is 27.6. The smallest absolute Gasteiger partial charge is 0.410 e. The Labute approximate surface area is 225 Å². The maximum atomic E-state index is 13.1. The first-order chi connectivity index (χ1) is 17.9. The minimum atomic E-state index is -0.712. The fourth-order valence-electron chi connectivity index (χ4n) is 4.36. The molecule has 11 nitrogen and oxygen atoms in total. The van der Waals surface area contributed by atoms with Crippen LogP contribution in [0.5, 0.6) is 11.6 Å². The third kappa shape index (κ3) is 5.83. The van der Waals surface area contributed by atoms with Crippen molar-refractivity contribution >= 4 is 28.7 Å². The Balaban J connectivity index is 1.70. The van der Waals surface area contributed by atoms with E-state index in [1.54, 1.807) is 17.2 Å². The van der Waals surface area contributed by atoms with Crippen LogP contribution in [0, 0.1) is 6.92 Å². The first-order valence-electron chi connectivity index (χ1n) is 12.5. The van der Waals surface area contributed by atoms with Gasteiger partial charge in [0.15, 0.2) is 5.65 Å². The Kier molecular flexibility index (Phi) is 7.80. The molecule has 0 aliphatic carbocycles. The molecule has 0 bridgehead atoms. The molecule has 38 heavy (non-hydrogen) atoms. The molecule has 1 amide bonds. The summed E-state index contributed by atoms with van der Waals surface area (Å²) in [6.07, 6.45) is 1.29. The lowest BCUT2D eigenvalue weighted by molar-refractivity contribution is 0.0178. The topological polar surface area (TPSA) is 132 Å². The summed E-state index contributed by atoms with van der Waals surface area (Å²) in [7, 11) is 0. The average molecular weight is 545 g/mol. The summed E-state index contributed by atoms with van der Waals surface area (Å²) in [4.78, 5) is 40.0. The largest absolute Gasteiger partial charge is 0.493 e. The summed E-state index contributed by atoms with van der Waals surface area (Å²) in [5.74, 6) is -0.302. The molecular formula is C26H33ClN6O5. The number of carbonyl (C=O) groups is 1. The molecule has 4 rings (SSSR count). The minimum Gasteiger partial charge on any atom is -0.493 e. The van der Waals surface area contributed by atoms with Gasteiger partial charge in [-0.3, -0.25) is 4.98 Å². The zero-order chi connectivity index (χ0) is 27.8. The third-order valence-electron chi connectivity index (χ3n) is 6.03. The van der Waals surface area contributed by atoms with Gasteiger partial charge in [0.2, 0.25) is 5.88 Å². The minimum absolute atomic E-state index is 0.000789. The Hall–Kier alpha value is -3.44. The highest BCUT2D eigenvalue weighted by atomic mass is 35.5. The summed E-state index contributed by atoms with van der Waals surface area (Å²) < 4.78 is 12.9. The van der Waals surface area contributed by atoms with Gasteiger partial charge in [-0.2, -0.15) is 4.98 Å². The van der Waals surface area contributed by atoms with Crippen LogP contribution < -0.4 is 15.7 Å². The van der Waals surface area contributed by atoms with Gasteiger partial charge in [0.05, 0.1) is 17.4 Å². The van der Waals surface area contributed by atoms with Crippen molar-refractivity contribution in [1.82, 2.24) is 29.7 Å². The van der Waals surface area contributed by atoms with Gasteiger partial charge in [0.1, 0.15) is 28.5 Å². The Morgan fingerprint density at radius 3 is 2.74 bits per heavy atom. The Morgan fingerprint density at radius 1 is 1.32 bits per heavy atom. The molecule has 1 aliphatic heterocycles. The van der Waals surface area contributed by atoms with Crippen LogP contribution in [0.2, 0.25) is 5.15 Å². The number of amides is 1. The first-order valence-corrected chi connectivity index (χ1v) is 12.9. The second-order valence-corrected chi connectivity index (χ2v) is 11.0. The van der Waals surface area contributed by atoms with E-state index in [2.05, 4.69) is 20.3 Å². The van der Waals surface area contributed by atoms with Crippen molar-refractivity contribution in [2.24, 2.45) is 0 Å². The number of piperazine rings is 1. The maximum Gasteiger partial charge on any atom is 0.410 e. The van der Waals surface area contributed by atoms with Crippen molar-refractivity contribution in [3.63, 3.8) is 0 Å². The molecule has 0 radical (unpaired) electrons. The number of ether oxygens (including phenoxy) is 2. The molecule has 0 aromatic carbocycles. The quantitative estimate of drug-likeness (QED) is 0.463. The molecule has 1 fully saturated rings. The third-order valence-corrected chi connectivity index (χ3v) is 6.23. The van der Waals surface area contributed by atoms with E-state index in [1.807, 2.05) is 41.5 Å². The summed E-state index contributed by atoms with van der Waals surface area (Å²) in [5, 5.41) is 14.3. The zero-order valence-electron chi connectivity index (χ0n) is 22.4. The lowest BCUT2D eigenvalue weighted by atomic mass is 10.0. The van der Waals surface area contributed by atoms with Crippen LogP contribution >= 0.6 is 11.6 Å². The van der Waals surface area contributed by atoms with Crippen molar-refractivity contribution in [3.05, 3.63) is 45.2 Å². The lowest BCUT2D eigenvalue weighted by Gasteiger charge is -2.34. The summed E-state index contributed by atoms with van der Waals surface area (Å²) in [5.41, 5.74) is 0.804. The van der Waals surface area contributed by atoms with E-state index in [-0.39, 0.29) is 46.6 Å². The van der Waals surface area contributed by atoms with Crippen molar-refractivity contribution in [2.75, 3.05) is 26.2 Å². The predicted octanol–water partition coefficient (Wildman–Crippen LogP) is 3.55. The van der Waals surface area contributed by atoms with E-state index in [1.165, 1.54) is 10.6 Å². The number of hydrogen-bond acceptors (Lipinski definition) is 9. The van der Waals surface area contributed by atoms with E-state index < -0.39 is 17.2 Å². The average Bonchev–Trinajstić information content (AvgIpc) is 2.82. The predicted molar refractivity (Wildman–Crippen MR) is 144 cm³/mol. The maximum absolute atomic E-state index is 13.1. The van der Waals surface area contributed by atoms with Crippen LogP contribution in [0.1, 0.15) is 51.8 Å². The normalized spacial score (nSPS) is 16.2. The number of halogens is 1. The number of nitrogens with zero attached hydrogens (tertiary/aromatic N) is 5. The second kappa shape index (κ2) is 10.7. The molecule has 1 atom stereocenters. The van der Waals surface area contributed by atoms with Crippen molar-refractivity contribution < 1.29 is 19.4 Å². The summed E-state index contributed by atoms with van der Waals surface area (Å²) >= 11 is 6.37. The lowest BCUT2D eigenvalue weighted by Crippen LogP contribution is -2.55. The molecule has 2 N–H and O–H groups in total. The highest BCUT2D eigenvalue weighted by Gasteiger charge is 2.28. The molecule has 3 aromatic rings. The van der Waals surface area contributed by atoms with E-state index in [4.69, 9.17) is 21.1 Å². The molecule has 1 saturated heterocycles. The highest BCUT2D eigenvalue weighted by Crippen LogP contribution is 2.34. The molecule has 1 aliphatic rings. The van der Waals surface area contributed by atoms with Crippen molar-refractivity contribution in [3.8, 4) is 17.3 Å². The highest BCUT2D eigenvalue weighted by molar-refractivity contribution is 6.30. The van der Waals surface area contributed by atoms with Gasteiger partial charge in [-0.05, 0) is 45.2 Å². The van der Waals surface area contributed by atoms with Crippen LogP contribution in [-0.4, -0.2) is 73.5 Å². The van der Waals surface area contributed by atoms with E-state index >= 15 is 0 Å². The summed E-state index contributed by atoms with van der Waals surface area (Å²) in [6, 6.07) is 3.04. The Morgan fingerprint density at radius 2 is 2.05 bits per heavy atom. The number of pyridine rings is 2. The van der Waals surface area contributed by atoms with Gasteiger partial charge >= 0.3 is 11.8 Å². The second-order valence-electron chi connectivity index (χ2n) is 10.6. The van der Waals surface area contributed by atoms with Gasteiger partial charge in [-0.25, -0.2) is 19.1 Å². The van der Waals surface area contributed by atoms with Crippen molar-refractivity contribution in [2.45, 2.75) is 59.1 Å². The number of hydrogen-bond donors (Lipinski definition) is 2. The van der Waals surface area contributed by atoms with Crippen LogP contribution in [0.15, 0.2) is 23.1 Å². The molecule has 4 heterocycles. The van der Waals surface area contributed by atoms with E-state index in [0.29, 0.717) is 31.0 Å². The molecule has 204 valence electrons. The van der Waals surface area contributed by atoms with Gasteiger partial charge in [0.25, 0.3) is 0 Å². The number of nitrogens with one attached hydrogen (secondary N) is 1. The van der Waals surface area contributed by atoms with Gasteiger partial charge < -0.3 is 24.8 Å². The van der Waals surface area contributed by atoms with Gasteiger partial charge in [0, 0.05) is 31.9 Å². The number of aromatic hydroxyl groups is 1. The number of aryl methyl sites for hydroxylation is 1. The molecular weight excluding hydrogens is 512 g/mol. The Bertz CT molecular complexity index is 1420. The number of aromatic nitrogens is 4. The van der Waals surface area contributed by atoms with Crippen molar-refractivity contribution in [1.29, 1.82) is 0 Å². The van der Waals surface area contributed by atoms with E-state index in [0.717, 1.165) is 5.56 Å². The van der Waals surface area contributed by atoms with Crippen LogP contribution in [0.25, 0.3) is 16.7 Å². The van der Waals surface area contributed by atoms with Gasteiger partial charge in [-0.1, -0.05) is 25.4 Å². The van der Waals surface area contributed by atoms with E-state index in [9.17, 15) is 14.7 Å².